The molecule has 0 radical (unpaired) electrons. The van der Waals surface area contributed by atoms with Crippen LogP contribution in [-0.2, 0) is 15.7 Å². The molecule has 1 amide bonds. The third-order valence-corrected chi connectivity index (χ3v) is 5.01. The maximum absolute atomic E-state index is 13.2. The Morgan fingerprint density at radius 3 is 2.51 bits per heavy atom. The van der Waals surface area contributed by atoms with E-state index in [2.05, 4.69) is 10.1 Å². The van der Waals surface area contributed by atoms with Crippen molar-refractivity contribution < 1.29 is 27.5 Å². The van der Waals surface area contributed by atoms with Crippen LogP contribution in [0, 0.1) is 6.92 Å². The van der Waals surface area contributed by atoms with Gasteiger partial charge in [0.1, 0.15) is 5.65 Å². The van der Waals surface area contributed by atoms with Gasteiger partial charge < -0.3 is 9.14 Å². The topological polar surface area (TPSA) is 76.3 Å². The van der Waals surface area contributed by atoms with Gasteiger partial charge in [0.05, 0.1) is 17.5 Å². The number of hydrogen-bond acceptors (Lipinski definition) is 5. The third-order valence-electron chi connectivity index (χ3n) is 5.01. The van der Waals surface area contributed by atoms with Gasteiger partial charge in [-0.25, -0.2) is 9.78 Å². The van der Waals surface area contributed by atoms with E-state index in [1.54, 1.807) is 46.9 Å². The summed E-state index contributed by atoms with van der Waals surface area (Å²) in [5.41, 5.74) is 0.911. The maximum Gasteiger partial charge on any atom is 0.416 e. The summed E-state index contributed by atoms with van der Waals surface area (Å²) < 4.78 is 46.5. The van der Waals surface area contributed by atoms with Gasteiger partial charge in [-0.15, -0.1) is 0 Å². The molecule has 0 atom stereocenters. The van der Waals surface area contributed by atoms with Gasteiger partial charge in [0.25, 0.3) is 5.91 Å². The van der Waals surface area contributed by atoms with Gasteiger partial charge in [0.2, 0.25) is 0 Å². The number of esters is 1. The van der Waals surface area contributed by atoms with Gasteiger partial charge in [0, 0.05) is 11.9 Å². The van der Waals surface area contributed by atoms with Gasteiger partial charge in [-0.1, -0.05) is 42.5 Å². The summed E-state index contributed by atoms with van der Waals surface area (Å²) in [4.78, 5) is 29.6. The number of fused-ring (bicyclic) bond motifs is 1. The van der Waals surface area contributed by atoms with E-state index in [0.717, 1.165) is 22.8 Å². The number of ether oxygens (including phenoxy) is 1. The molecule has 0 saturated carbocycles. The van der Waals surface area contributed by atoms with E-state index < -0.39 is 30.2 Å². The zero-order chi connectivity index (χ0) is 25.0. The van der Waals surface area contributed by atoms with Crippen LogP contribution in [0.1, 0.15) is 27.3 Å². The standard InChI is InChI=1S/C25H19F3N4O3/c1-17-7-5-12-22-30-21(15-31(17)22)24(34)35-16-23(33)32(29-14-18-8-3-2-4-9-18)20-11-6-10-19(13-20)25(26,27)28/h2-15H,16H2,1H3/b29-14+. The molecule has 10 heteroatoms. The zero-order valence-electron chi connectivity index (χ0n) is 18.4. The van der Waals surface area contributed by atoms with Crippen molar-refractivity contribution in [3.63, 3.8) is 0 Å². The molecule has 35 heavy (non-hydrogen) atoms. The van der Waals surface area contributed by atoms with Crippen molar-refractivity contribution in [1.82, 2.24) is 9.38 Å². The largest absolute Gasteiger partial charge is 0.451 e. The van der Waals surface area contributed by atoms with Crippen LogP contribution in [0.25, 0.3) is 5.65 Å². The molecule has 0 aliphatic carbocycles. The maximum atomic E-state index is 13.2. The lowest BCUT2D eigenvalue weighted by Crippen LogP contribution is -2.31. The van der Waals surface area contributed by atoms with Crippen LogP contribution in [0.2, 0.25) is 0 Å². The first kappa shape index (κ1) is 23.7. The Morgan fingerprint density at radius 1 is 1.06 bits per heavy atom. The predicted octanol–water partition coefficient (Wildman–Crippen LogP) is 4.89. The second kappa shape index (κ2) is 9.80. The van der Waals surface area contributed by atoms with Crippen molar-refractivity contribution in [2.75, 3.05) is 11.6 Å². The molecule has 2 aromatic carbocycles. The monoisotopic (exact) mass is 480 g/mol. The SMILES string of the molecule is Cc1cccc2nc(C(=O)OCC(=O)N(/N=C/c3ccccc3)c3cccc(C(F)(F)F)c3)cn12. The minimum absolute atomic E-state index is 0.00879. The third kappa shape index (κ3) is 5.55. The first-order chi connectivity index (χ1) is 16.7. The fraction of sp³-hybridized carbons (Fsp3) is 0.120. The van der Waals surface area contributed by atoms with Crippen molar-refractivity contribution in [1.29, 1.82) is 0 Å². The molecular weight excluding hydrogens is 461 g/mol. The normalized spacial score (nSPS) is 11.7. The number of hydrazone groups is 1. The summed E-state index contributed by atoms with van der Waals surface area (Å²) in [5.74, 6) is -1.69. The van der Waals surface area contributed by atoms with E-state index in [9.17, 15) is 22.8 Å². The van der Waals surface area contributed by atoms with E-state index in [1.165, 1.54) is 24.5 Å². The number of alkyl halides is 3. The number of aryl methyl sites for hydroxylation is 1. The number of hydrogen-bond donors (Lipinski definition) is 0. The van der Waals surface area contributed by atoms with Crippen molar-refractivity contribution in [2.24, 2.45) is 5.10 Å². The highest BCUT2D eigenvalue weighted by molar-refractivity contribution is 5.98. The van der Waals surface area contributed by atoms with E-state index in [4.69, 9.17) is 4.74 Å². The lowest BCUT2D eigenvalue weighted by molar-refractivity contribution is -0.137. The highest BCUT2D eigenvalue weighted by Crippen LogP contribution is 2.31. The fourth-order valence-corrected chi connectivity index (χ4v) is 3.26. The molecule has 7 nitrogen and oxygen atoms in total. The molecule has 0 bridgehead atoms. The van der Waals surface area contributed by atoms with E-state index in [0.29, 0.717) is 11.2 Å². The minimum Gasteiger partial charge on any atom is -0.451 e. The summed E-state index contributed by atoms with van der Waals surface area (Å²) in [6.07, 6.45) is -1.80. The number of rotatable bonds is 6. The number of amides is 1. The van der Waals surface area contributed by atoms with E-state index in [-0.39, 0.29) is 11.4 Å². The molecule has 2 aromatic heterocycles. The average Bonchev–Trinajstić information content (AvgIpc) is 3.29. The quantitative estimate of drug-likeness (QED) is 0.224. The Kier molecular flexibility index (Phi) is 6.63. The lowest BCUT2D eigenvalue weighted by Gasteiger charge is -2.18. The van der Waals surface area contributed by atoms with E-state index >= 15 is 0 Å². The Bertz CT molecular complexity index is 1400. The summed E-state index contributed by atoms with van der Waals surface area (Å²) in [7, 11) is 0. The van der Waals surface area contributed by atoms with Crippen LogP contribution in [0.5, 0.6) is 0 Å². The highest BCUT2D eigenvalue weighted by atomic mass is 19.4. The Morgan fingerprint density at radius 2 is 1.80 bits per heavy atom. The molecule has 4 rings (SSSR count). The summed E-state index contributed by atoms with van der Waals surface area (Å²) in [6.45, 7) is 1.08. The molecule has 0 saturated heterocycles. The smallest absolute Gasteiger partial charge is 0.416 e. The summed E-state index contributed by atoms with van der Waals surface area (Å²) in [5, 5.41) is 4.83. The first-order valence-electron chi connectivity index (χ1n) is 10.4. The molecule has 4 aromatic rings. The summed E-state index contributed by atoms with van der Waals surface area (Å²) >= 11 is 0. The Hall–Kier alpha value is -4.47. The molecule has 0 unspecified atom stereocenters. The number of halogens is 3. The van der Waals surface area contributed by atoms with Crippen molar-refractivity contribution in [2.45, 2.75) is 13.1 Å². The molecule has 0 N–H and O–H groups in total. The number of benzene rings is 2. The van der Waals surface area contributed by atoms with E-state index in [1.807, 2.05) is 13.0 Å². The van der Waals surface area contributed by atoms with Gasteiger partial charge in [-0.05, 0) is 42.8 Å². The van der Waals surface area contributed by atoms with Crippen LogP contribution >= 0.6 is 0 Å². The number of aromatic nitrogens is 2. The summed E-state index contributed by atoms with van der Waals surface area (Å²) in [6, 6.07) is 18.2. The molecule has 0 fully saturated rings. The van der Waals surface area contributed by atoms with Crippen LogP contribution in [-0.4, -0.2) is 34.1 Å². The van der Waals surface area contributed by atoms with Gasteiger partial charge in [-0.3, -0.25) is 4.79 Å². The fourth-order valence-electron chi connectivity index (χ4n) is 3.26. The Labute approximate surface area is 198 Å². The number of carbonyl (C=O) groups excluding carboxylic acids is 2. The van der Waals surface area contributed by atoms with Crippen molar-refractivity contribution >= 4 is 29.4 Å². The Balaban J connectivity index is 1.56. The van der Waals surface area contributed by atoms with Gasteiger partial charge in [0.15, 0.2) is 12.3 Å². The first-order valence-corrected chi connectivity index (χ1v) is 10.4. The highest BCUT2D eigenvalue weighted by Gasteiger charge is 2.31. The number of nitrogens with zero attached hydrogens (tertiary/aromatic N) is 4. The second-order valence-corrected chi connectivity index (χ2v) is 7.51. The van der Waals surface area contributed by atoms with Crippen molar-refractivity contribution in [3.05, 3.63) is 102 Å². The van der Waals surface area contributed by atoms with Gasteiger partial charge in [-0.2, -0.15) is 23.3 Å². The average molecular weight is 480 g/mol. The number of anilines is 1. The van der Waals surface area contributed by atoms with Crippen LogP contribution in [0.15, 0.2) is 84.1 Å². The molecule has 0 aliphatic rings. The molecule has 178 valence electrons. The van der Waals surface area contributed by atoms with Crippen molar-refractivity contribution in [3.8, 4) is 0 Å². The van der Waals surface area contributed by atoms with Crippen LogP contribution < -0.4 is 5.01 Å². The lowest BCUT2D eigenvalue weighted by atomic mass is 10.2. The molecule has 2 heterocycles. The molecule has 0 spiro atoms. The van der Waals surface area contributed by atoms with Gasteiger partial charge >= 0.3 is 12.1 Å². The predicted molar refractivity (Wildman–Crippen MR) is 123 cm³/mol. The second-order valence-electron chi connectivity index (χ2n) is 7.51. The van der Waals surface area contributed by atoms with Crippen LogP contribution in [0.4, 0.5) is 18.9 Å². The number of imidazole rings is 1. The molecule has 0 aliphatic heterocycles. The zero-order valence-corrected chi connectivity index (χ0v) is 18.4. The number of carbonyl (C=O) groups is 2. The molecular formula is C25H19F3N4O3. The minimum atomic E-state index is -4.61. The van der Waals surface area contributed by atoms with Crippen LogP contribution in [0.3, 0.4) is 0 Å². The number of pyridine rings is 1.